The van der Waals surface area contributed by atoms with E-state index in [-0.39, 0.29) is 55.7 Å². The minimum atomic E-state index is 0. The van der Waals surface area contributed by atoms with Gasteiger partial charge in [0.25, 0.3) is 0 Å². The van der Waals surface area contributed by atoms with Crippen molar-refractivity contribution in [3.05, 3.63) is 0 Å². The van der Waals surface area contributed by atoms with Crippen LogP contribution in [0.1, 0.15) is 0 Å². The maximum atomic E-state index is 0. The summed E-state index contributed by atoms with van der Waals surface area (Å²) in [7, 11) is 0. The van der Waals surface area contributed by atoms with E-state index in [1.54, 1.807) is 0 Å². The van der Waals surface area contributed by atoms with Crippen LogP contribution < -0.4 is 0 Å². The standard InChI is InChI=1S/2Nb.2H2O/h;;2*1H2. The smallest absolute Gasteiger partial charge is 0 e. The second-order valence-corrected chi connectivity index (χ2v) is 0. The molecule has 0 aliphatic heterocycles. The Morgan fingerprint density at radius 1 is 0.500 bits per heavy atom. The van der Waals surface area contributed by atoms with Gasteiger partial charge in [-0.15, -0.1) is 0 Å². The molecule has 0 saturated carbocycles. The molecule has 0 heterocycles. The Balaban J connectivity index is 0. The van der Waals surface area contributed by atoms with Crippen molar-refractivity contribution in [1.29, 1.82) is 0 Å². The Bertz CT molecular complexity index is 4.00. The molecule has 0 bridgehead atoms. The second-order valence-electron chi connectivity index (χ2n) is 0. The Morgan fingerprint density at radius 3 is 0.500 bits per heavy atom. The molecule has 0 aliphatic rings. The summed E-state index contributed by atoms with van der Waals surface area (Å²) in [5.41, 5.74) is 0. The zero-order chi connectivity index (χ0) is 0. The van der Waals surface area contributed by atoms with Crippen molar-refractivity contribution in [3.63, 3.8) is 0 Å². The third kappa shape index (κ3) is 9.99. The van der Waals surface area contributed by atoms with Gasteiger partial charge in [-0.1, -0.05) is 0 Å². The number of hydrogen-bond acceptors (Lipinski definition) is 0. The van der Waals surface area contributed by atoms with Crippen molar-refractivity contribution in [2.45, 2.75) is 0 Å². The first-order chi connectivity index (χ1) is 0. The van der Waals surface area contributed by atoms with Gasteiger partial charge in [-0.2, -0.15) is 0 Å². The molecule has 0 amide bonds. The first-order valence-corrected chi connectivity index (χ1v) is 0. The molecule has 0 atom stereocenters. The summed E-state index contributed by atoms with van der Waals surface area (Å²) in [5.74, 6) is 0. The molecular formula is H4Nb2O2. The summed E-state index contributed by atoms with van der Waals surface area (Å²) >= 11 is 0. The monoisotopic (exact) mass is 222 g/mol. The molecule has 0 aromatic rings. The summed E-state index contributed by atoms with van der Waals surface area (Å²) < 4.78 is 0. The average molecular weight is 222 g/mol. The van der Waals surface area contributed by atoms with E-state index in [4.69, 9.17) is 0 Å². The van der Waals surface area contributed by atoms with Crippen molar-refractivity contribution in [3.8, 4) is 0 Å². The van der Waals surface area contributed by atoms with Crippen LogP contribution in [0.4, 0.5) is 0 Å². The molecule has 0 unspecified atom stereocenters. The first-order valence-electron chi connectivity index (χ1n) is 0. The van der Waals surface area contributed by atoms with E-state index < -0.39 is 0 Å². The Kier molecular flexibility index (Phi) is 346. The van der Waals surface area contributed by atoms with Gasteiger partial charge in [-0.05, 0) is 0 Å². The van der Waals surface area contributed by atoms with Crippen LogP contribution in [-0.4, -0.2) is 11.0 Å². The molecule has 0 aliphatic carbocycles. The van der Waals surface area contributed by atoms with Crippen LogP contribution >= 0.6 is 0 Å². The van der Waals surface area contributed by atoms with E-state index in [9.17, 15) is 0 Å². The van der Waals surface area contributed by atoms with Gasteiger partial charge in [-0.25, -0.2) is 0 Å². The summed E-state index contributed by atoms with van der Waals surface area (Å²) in [5, 5.41) is 0. The van der Waals surface area contributed by atoms with Crippen LogP contribution in [0.5, 0.6) is 0 Å². The predicted octanol–water partition coefficient (Wildman–Crippen LogP) is -1.65. The van der Waals surface area contributed by atoms with Gasteiger partial charge in [0.05, 0.1) is 0 Å². The van der Waals surface area contributed by atoms with Crippen molar-refractivity contribution in [1.82, 2.24) is 0 Å². The molecular weight excluding hydrogens is 218 g/mol. The molecule has 2 nitrogen and oxygen atoms in total. The predicted molar refractivity (Wildman–Crippen MR) is 7.23 cm³/mol. The van der Waals surface area contributed by atoms with Gasteiger partial charge in [-0.3, -0.25) is 0 Å². The van der Waals surface area contributed by atoms with Gasteiger partial charge >= 0.3 is 0 Å². The van der Waals surface area contributed by atoms with E-state index >= 15 is 0 Å². The molecule has 0 rings (SSSR count). The van der Waals surface area contributed by atoms with Crippen molar-refractivity contribution < 1.29 is 55.7 Å². The zero-order valence-electron chi connectivity index (χ0n) is 1.89. The first kappa shape index (κ1) is 53.3. The maximum Gasteiger partial charge on any atom is 0 e. The summed E-state index contributed by atoms with van der Waals surface area (Å²) in [6, 6.07) is 0. The van der Waals surface area contributed by atoms with E-state index in [0.717, 1.165) is 0 Å². The van der Waals surface area contributed by atoms with Crippen LogP contribution in [0.2, 0.25) is 0 Å². The molecule has 4 N–H and O–H groups in total. The Hall–Kier alpha value is 1.40. The van der Waals surface area contributed by atoms with Crippen molar-refractivity contribution in [2.75, 3.05) is 0 Å². The van der Waals surface area contributed by atoms with E-state index in [1.807, 2.05) is 0 Å². The quantitative estimate of drug-likeness (QED) is 0.440. The molecule has 0 aromatic heterocycles. The normalized spacial score (nSPS) is 0. The topological polar surface area (TPSA) is 63.0 Å². The molecule has 0 aromatic carbocycles. The van der Waals surface area contributed by atoms with Crippen molar-refractivity contribution >= 4 is 0 Å². The van der Waals surface area contributed by atoms with Gasteiger partial charge < -0.3 is 11.0 Å². The molecule has 4 heteroatoms. The van der Waals surface area contributed by atoms with Crippen LogP contribution in [0, 0.1) is 0 Å². The van der Waals surface area contributed by atoms with Gasteiger partial charge in [0.1, 0.15) is 0 Å². The molecule has 0 saturated heterocycles. The SMILES string of the molecule is O.O.[Nb].[Nb]. The Morgan fingerprint density at radius 2 is 0.500 bits per heavy atom. The van der Waals surface area contributed by atoms with Crippen molar-refractivity contribution in [2.24, 2.45) is 0 Å². The summed E-state index contributed by atoms with van der Waals surface area (Å²) in [6.07, 6.45) is 0. The minimum Gasteiger partial charge on any atom is -0.412 e. The third-order valence-electron chi connectivity index (χ3n) is 0. The second kappa shape index (κ2) is 25.9. The van der Waals surface area contributed by atoms with E-state index in [2.05, 4.69) is 0 Å². The largest absolute Gasteiger partial charge is 0.412 e. The fourth-order valence-corrected chi connectivity index (χ4v) is 0. The maximum absolute atomic E-state index is 0. The third-order valence-corrected chi connectivity index (χ3v) is 0. The number of hydrogen-bond donors (Lipinski definition) is 0. The molecule has 2 radical (unpaired) electrons. The summed E-state index contributed by atoms with van der Waals surface area (Å²) in [6.45, 7) is 0. The molecule has 0 fully saturated rings. The van der Waals surface area contributed by atoms with Gasteiger partial charge in [0.2, 0.25) is 0 Å². The van der Waals surface area contributed by atoms with E-state index in [1.165, 1.54) is 0 Å². The van der Waals surface area contributed by atoms with Crippen LogP contribution in [0.25, 0.3) is 0 Å². The summed E-state index contributed by atoms with van der Waals surface area (Å²) in [4.78, 5) is 0. The minimum absolute atomic E-state index is 0. The van der Waals surface area contributed by atoms with Gasteiger partial charge in [0.15, 0.2) is 0 Å². The fraction of sp³-hybridized carbons (Fsp3) is 0. The number of rotatable bonds is 0. The Labute approximate surface area is 55.6 Å². The van der Waals surface area contributed by atoms with Crippen LogP contribution in [0.15, 0.2) is 0 Å². The zero-order valence-corrected chi connectivity index (χ0v) is 6.29. The van der Waals surface area contributed by atoms with Crippen LogP contribution in [0.3, 0.4) is 0 Å². The average Bonchev–Trinajstić information content (AvgIpc) is 0. The molecule has 4 heavy (non-hydrogen) atoms. The fourth-order valence-electron chi connectivity index (χ4n) is 0. The van der Waals surface area contributed by atoms with E-state index in [0.29, 0.717) is 0 Å². The molecule has 26 valence electrons. The van der Waals surface area contributed by atoms with Crippen LogP contribution in [-0.2, 0) is 44.8 Å². The van der Waals surface area contributed by atoms with Gasteiger partial charge in [0, 0.05) is 44.8 Å². The molecule has 0 spiro atoms.